The highest BCUT2D eigenvalue weighted by atomic mass is 19.1. The second-order valence-corrected chi connectivity index (χ2v) is 35.3. The molecule has 0 saturated heterocycles. The van der Waals surface area contributed by atoms with Crippen molar-refractivity contribution in [2.75, 3.05) is 13.2 Å². The van der Waals surface area contributed by atoms with Crippen LogP contribution < -0.4 is 0 Å². The first-order chi connectivity index (χ1) is 44.2. The largest absolute Gasteiger partial charge is 0.711 e. The highest BCUT2D eigenvalue weighted by Gasteiger charge is 2.36. The van der Waals surface area contributed by atoms with Gasteiger partial charge in [-0.3, -0.25) is 0 Å². The number of halogens is 2. The molecular weight excluding hydrogens is 1190 g/mol. The van der Waals surface area contributed by atoms with Gasteiger partial charge in [0.2, 0.25) is 11.5 Å². The molecule has 2 heterocycles. The molecule has 0 fully saturated rings. The second-order valence-electron chi connectivity index (χ2n) is 35.3. The number of hydrogen-bond donors (Lipinski definition) is 2. The monoisotopic (exact) mass is 1300 g/mol. The van der Waals surface area contributed by atoms with Gasteiger partial charge in [0.15, 0.2) is 0 Å². The van der Waals surface area contributed by atoms with E-state index in [1.54, 1.807) is 6.07 Å². The second kappa shape index (κ2) is 24.7. The summed E-state index contributed by atoms with van der Waals surface area (Å²) in [5.74, 6) is 0.538. The molecular formula is C88H110F2N2O4. The minimum atomic E-state index is -0.418. The summed E-state index contributed by atoms with van der Waals surface area (Å²) in [5.41, 5.74) is 17.7. The first-order valence-corrected chi connectivity index (χ1v) is 34.7. The lowest BCUT2D eigenvalue weighted by atomic mass is 9.71. The van der Waals surface area contributed by atoms with Crippen molar-refractivity contribution in [2.24, 2.45) is 10.8 Å². The first-order valence-electron chi connectivity index (χ1n) is 34.7. The summed E-state index contributed by atoms with van der Waals surface area (Å²) in [6, 6.07) is 35.1. The molecule has 10 aromatic rings. The maximum Gasteiger partial charge on any atom is 0.237 e. The van der Waals surface area contributed by atoms with E-state index < -0.39 is 11.6 Å². The highest BCUT2D eigenvalue weighted by Crippen LogP contribution is 2.53. The summed E-state index contributed by atoms with van der Waals surface area (Å²) in [7, 11) is 9.20. The summed E-state index contributed by atoms with van der Waals surface area (Å²) >= 11 is 0. The van der Waals surface area contributed by atoms with Gasteiger partial charge in [-0.2, -0.15) is 0 Å². The van der Waals surface area contributed by atoms with Crippen molar-refractivity contribution in [2.45, 2.75) is 226 Å². The number of benzene rings is 8. The van der Waals surface area contributed by atoms with Crippen LogP contribution in [0.3, 0.4) is 0 Å². The maximum atomic E-state index is 16.5. The molecule has 0 radical (unpaired) electrons. The molecule has 0 aliphatic rings. The van der Waals surface area contributed by atoms with Gasteiger partial charge in [-0.15, -0.1) is 0 Å². The van der Waals surface area contributed by atoms with E-state index in [0.29, 0.717) is 82.3 Å². The molecule has 2 N–H and O–H groups in total. The smallest absolute Gasteiger partial charge is 0.237 e. The lowest BCUT2D eigenvalue weighted by molar-refractivity contribution is 0.00432. The van der Waals surface area contributed by atoms with Crippen LogP contribution in [0.25, 0.3) is 77.2 Å². The van der Waals surface area contributed by atoms with Crippen molar-refractivity contribution < 1.29 is 27.7 Å². The Morgan fingerprint density at radius 2 is 0.719 bits per heavy atom. The minimum Gasteiger partial charge on any atom is -0.711 e. The van der Waals surface area contributed by atoms with Gasteiger partial charge in [-0.1, -0.05) is 144 Å². The van der Waals surface area contributed by atoms with Gasteiger partial charge < -0.3 is 28.1 Å². The first kappa shape index (κ1) is 71.2. The quantitative estimate of drug-likeness (QED) is 0.0611. The van der Waals surface area contributed by atoms with Crippen LogP contribution in [0.2, 0.25) is 0 Å². The number of rotatable bonds is 15. The molecule has 0 bridgehead atoms. The fraction of sp³-hybridized carbons (Fsp3) is 0.432. The Hall–Kier alpha value is -7.58. The zero-order valence-corrected chi connectivity index (χ0v) is 62.8. The zero-order chi connectivity index (χ0) is 71.0. The lowest BCUT2D eigenvalue weighted by Crippen LogP contribution is -2.25. The molecule has 0 amide bonds. The summed E-state index contributed by atoms with van der Waals surface area (Å²) in [4.78, 5) is 0. The molecule has 0 spiro atoms. The average molecular weight is 1300 g/mol. The number of aromatic nitrogens is 2. The van der Waals surface area contributed by atoms with Crippen molar-refractivity contribution in [1.82, 2.24) is 9.13 Å². The van der Waals surface area contributed by atoms with E-state index in [2.05, 4.69) is 270 Å². The third-order valence-electron chi connectivity index (χ3n) is 20.2. The molecule has 0 aliphatic carbocycles. The average Bonchev–Trinajstić information content (AvgIpc) is 1.60. The summed E-state index contributed by atoms with van der Waals surface area (Å²) in [5, 5.41) is 31.1. The number of aromatic hydroxyl groups is 2. The fourth-order valence-corrected chi connectivity index (χ4v) is 16.2. The number of phenols is 2. The number of hydrogen-bond acceptors (Lipinski definition) is 2. The molecule has 6 nitrogen and oxygen atoms in total. The maximum absolute atomic E-state index is 16.5. The third kappa shape index (κ3) is 13.7. The highest BCUT2D eigenvalue weighted by molar-refractivity contribution is 6.12. The van der Waals surface area contributed by atoms with Crippen LogP contribution >= 0.6 is 0 Å². The zero-order valence-electron chi connectivity index (χ0n) is 62.8. The number of nitrogens with zero attached hydrogens (tertiary/aromatic N) is 2. The normalized spacial score (nSPS) is 13.2. The molecule has 510 valence electrons. The molecule has 0 saturated carbocycles. The van der Waals surface area contributed by atoms with Gasteiger partial charge in [-0.25, -0.2) is 8.78 Å². The van der Waals surface area contributed by atoms with E-state index in [1.165, 1.54) is 51.6 Å². The van der Waals surface area contributed by atoms with Gasteiger partial charge in [-0.05, 0) is 248 Å². The predicted molar refractivity (Wildman–Crippen MR) is 405 cm³/mol. The van der Waals surface area contributed by atoms with Crippen LogP contribution in [0.15, 0.2) is 103 Å². The summed E-state index contributed by atoms with van der Waals surface area (Å²) < 4.78 is 43.5. The fourth-order valence-electron chi connectivity index (χ4n) is 16.2. The van der Waals surface area contributed by atoms with E-state index in [1.807, 2.05) is 13.8 Å². The number of aryl methyl sites for hydroxylation is 6. The number of fused-ring (bicyclic) bond motifs is 6. The van der Waals surface area contributed by atoms with Crippen LogP contribution in [0.5, 0.6) is 23.0 Å². The Kier molecular flexibility index (Phi) is 18.4. The SMILES string of the molecule is [CH2-][O+](CCCC[O+]([CH2-])c1c(C)cc(F)cc1-c1cc(C(C)(C)CC(C)(C)C)cc(-n2c3cc(C(C)(C)C)c(C)cc3c3cc(C)c(C(C)(C)C)cc32)c1O)c1c(C)cc(F)cc1-c1cc(C(C)(C)CC(C)(C)C)cc(-n2c3cc(C(C)(C)C)ccc3c3cc(C)c(C)cc32)c1O. The molecule has 2 aromatic heterocycles. The van der Waals surface area contributed by atoms with E-state index in [-0.39, 0.29) is 49.4 Å². The molecule has 0 atom stereocenters. The molecule has 8 heteroatoms. The van der Waals surface area contributed by atoms with E-state index in [4.69, 9.17) is 0 Å². The van der Waals surface area contributed by atoms with Crippen LogP contribution in [0.1, 0.15) is 218 Å². The molecule has 10 rings (SSSR count). The van der Waals surface area contributed by atoms with Crippen molar-refractivity contribution in [3.8, 4) is 56.6 Å². The lowest BCUT2D eigenvalue weighted by Gasteiger charge is -2.35. The van der Waals surface area contributed by atoms with Crippen molar-refractivity contribution >= 4 is 43.6 Å². The predicted octanol–water partition coefficient (Wildman–Crippen LogP) is 25.7. The summed E-state index contributed by atoms with van der Waals surface area (Å²) in [6.45, 7) is 56.1. The van der Waals surface area contributed by atoms with E-state index >= 15 is 8.78 Å². The van der Waals surface area contributed by atoms with Crippen molar-refractivity contribution in [3.63, 3.8) is 0 Å². The van der Waals surface area contributed by atoms with E-state index in [0.717, 1.165) is 73.1 Å². The number of phenolic OH excluding ortho intramolecular Hbond substituents is 2. The Bertz CT molecular complexity index is 4620. The van der Waals surface area contributed by atoms with Crippen LogP contribution in [0.4, 0.5) is 8.78 Å². The third-order valence-corrected chi connectivity index (χ3v) is 20.2. The standard InChI is InChI=1S/C88H110F2N2O4/c1-51-36-63-62-31-30-57(84(13,14)15)42-73(62)91(72(63)39-52(51)2)76-43-58(87(22,23)49-82(7,8)9)40-66(78(76)93)68-45-60(89)34-55(5)80(68)95(26)32-28-29-33-96(27)81-56(6)35-61(90)46-69(81)67-41-59(88(24,25)50-83(10,11)12)44-77(79(67)94)92-74-47-70(85(16,17)18)53(3)37-64(74)65-38-54(4)71(48-75(65)92)86(19,20)21/h30-31,34-48,93-94H,26-29,32-33,49-50H2,1-25H3. The van der Waals surface area contributed by atoms with E-state index in [9.17, 15) is 10.2 Å². The Balaban J connectivity index is 1.07. The van der Waals surface area contributed by atoms with Gasteiger partial charge >= 0.3 is 0 Å². The van der Waals surface area contributed by atoms with Crippen molar-refractivity contribution in [1.29, 1.82) is 0 Å². The molecule has 96 heavy (non-hydrogen) atoms. The number of unbranched alkanes of at least 4 members (excludes halogenated alkanes) is 1. The Morgan fingerprint density at radius 3 is 1.09 bits per heavy atom. The van der Waals surface area contributed by atoms with Gasteiger partial charge in [0.05, 0.1) is 44.6 Å². The van der Waals surface area contributed by atoms with Crippen molar-refractivity contribution in [3.05, 3.63) is 190 Å². The van der Waals surface area contributed by atoms with Gasteiger partial charge in [0, 0.05) is 56.6 Å². The summed E-state index contributed by atoms with van der Waals surface area (Å²) in [6.07, 6.45) is 2.90. The minimum absolute atomic E-state index is 0.0368. The molecule has 8 aromatic carbocycles. The van der Waals surface area contributed by atoms with Gasteiger partial charge in [0.1, 0.15) is 36.3 Å². The molecule has 0 aliphatic heterocycles. The topological polar surface area (TPSA) is 55.7 Å². The Labute approximate surface area is 574 Å². The van der Waals surface area contributed by atoms with Gasteiger partial charge in [0.25, 0.3) is 0 Å². The molecule has 0 unspecified atom stereocenters. The van der Waals surface area contributed by atoms with Crippen LogP contribution in [-0.2, 0) is 35.8 Å². The van der Waals surface area contributed by atoms with Crippen LogP contribution in [-0.4, -0.2) is 32.6 Å². The Morgan fingerprint density at radius 1 is 0.365 bits per heavy atom. The van der Waals surface area contributed by atoms with Crippen LogP contribution in [0, 0.1) is 78.2 Å².